The average Bonchev–Trinajstić information content (AvgIpc) is 2.62. The molecule has 0 heterocycles. The van der Waals surface area contributed by atoms with Gasteiger partial charge in [0.05, 0.1) is 13.2 Å². The van der Waals surface area contributed by atoms with Gasteiger partial charge in [-0.05, 0) is 25.2 Å². The summed E-state index contributed by atoms with van der Waals surface area (Å²) in [7, 11) is 1.40. The van der Waals surface area contributed by atoms with Crippen LogP contribution in [0.5, 0.6) is 0 Å². The Bertz CT molecular complexity index is 343. The van der Waals surface area contributed by atoms with E-state index in [1.54, 1.807) is 6.08 Å². The number of esters is 1. The van der Waals surface area contributed by atoms with Crippen molar-refractivity contribution in [3.8, 4) is 0 Å². The molecule has 0 aromatic carbocycles. The van der Waals surface area contributed by atoms with Crippen molar-refractivity contribution in [1.82, 2.24) is 0 Å². The van der Waals surface area contributed by atoms with Crippen LogP contribution in [0.25, 0.3) is 0 Å². The van der Waals surface area contributed by atoms with E-state index >= 15 is 0 Å². The van der Waals surface area contributed by atoms with Crippen LogP contribution in [0.4, 0.5) is 0 Å². The number of methoxy groups -OCH3 is 1. The van der Waals surface area contributed by atoms with Gasteiger partial charge in [0.2, 0.25) is 0 Å². The predicted octanol–water partition coefficient (Wildman–Crippen LogP) is 3.21. The maximum Gasteiger partial charge on any atom is 0.305 e. The van der Waals surface area contributed by atoms with E-state index in [2.05, 4.69) is 11.7 Å². The van der Waals surface area contributed by atoms with Gasteiger partial charge in [-0.15, -0.1) is 0 Å². The molecular formula is C20H38O5. The van der Waals surface area contributed by atoms with Gasteiger partial charge in [-0.2, -0.15) is 0 Å². The van der Waals surface area contributed by atoms with E-state index in [0.717, 1.165) is 57.8 Å². The normalized spacial score (nSPS) is 15.2. The quantitative estimate of drug-likeness (QED) is 0.224. The monoisotopic (exact) mass is 358 g/mol. The number of rotatable bonds is 16. The lowest BCUT2D eigenvalue weighted by molar-refractivity contribution is -0.140. The van der Waals surface area contributed by atoms with E-state index in [1.807, 2.05) is 6.08 Å². The number of carbonyl (C=O) groups is 1. The van der Waals surface area contributed by atoms with Crippen LogP contribution in [0.3, 0.4) is 0 Å². The number of hydrogen-bond donors (Lipinski definition) is 3. The molecule has 25 heavy (non-hydrogen) atoms. The summed E-state index contributed by atoms with van der Waals surface area (Å²) in [5, 5.41) is 29.1. The summed E-state index contributed by atoms with van der Waals surface area (Å²) in [5.74, 6) is -0.290. The molecule has 0 aromatic rings. The standard InChI is InChI=1S/C20H38O5/c1-3-4-7-11-19(23)14-13-18(16-22)17(15-21)10-8-5-6-9-12-20(24)25-2/h13-14,17-19,21-23H,3-12,15-16H2,1-2H3/b14-13+/t17-,18-,19-/m0/s1. The van der Waals surface area contributed by atoms with Crippen molar-refractivity contribution in [2.45, 2.75) is 77.2 Å². The first-order valence-corrected chi connectivity index (χ1v) is 9.73. The number of aliphatic hydroxyl groups is 3. The zero-order valence-electron chi connectivity index (χ0n) is 16.0. The van der Waals surface area contributed by atoms with E-state index in [1.165, 1.54) is 7.11 Å². The lowest BCUT2D eigenvalue weighted by Gasteiger charge is -2.21. The first kappa shape index (κ1) is 24.1. The third-order valence-electron chi connectivity index (χ3n) is 4.67. The summed E-state index contributed by atoms with van der Waals surface area (Å²) < 4.78 is 4.61. The molecule has 148 valence electrons. The summed E-state index contributed by atoms with van der Waals surface area (Å²) >= 11 is 0. The van der Waals surface area contributed by atoms with Crippen molar-refractivity contribution >= 4 is 5.97 Å². The molecule has 0 radical (unpaired) electrons. The highest BCUT2D eigenvalue weighted by Gasteiger charge is 2.17. The fourth-order valence-electron chi connectivity index (χ4n) is 2.91. The highest BCUT2D eigenvalue weighted by molar-refractivity contribution is 5.68. The topological polar surface area (TPSA) is 87.0 Å². The summed E-state index contributed by atoms with van der Waals surface area (Å²) in [4.78, 5) is 11.0. The molecule has 0 bridgehead atoms. The van der Waals surface area contributed by atoms with Crippen LogP contribution < -0.4 is 0 Å². The van der Waals surface area contributed by atoms with Crippen LogP contribution in [0.1, 0.15) is 71.1 Å². The van der Waals surface area contributed by atoms with Crippen molar-refractivity contribution in [2.24, 2.45) is 11.8 Å². The average molecular weight is 359 g/mol. The van der Waals surface area contributed by atoms with Crippen molar-refractivity contribution in [3.05, 3.63) is 12.2 Å². The van der Waals surface area contributed by atoms with Crippen molar-refractivity contribution in [3.63, 3.8) is 0 Å². The Kier molecular flexibility index (Phi) is 16.0. The Morgan fingerprint density at radius 1 is 0.960 bits per heavy atom. The molecule has 0 saturated heterocycles. The molecule has 0 aliphatic carbocycles. The van der Waals surface area contributed by atoms with Crippen LogP contribution in [0.15, 0.2) is 12.2 Å². The van der Waals surface area contributed by atoms with Gasteiger partial charge in [0.1, 0.15) is 0 Å². The Morgan fingerprint density at radius 2 is 1.64 bits per heavy atom. The minimum atomic E-state index is -0.474. The van der Waals surface area contributed by atoms with Gasteiger partial charge >= 0.3 is 5.97 Å². The van der Waals surface area contributed by atoms with Gasteiger partial charge in [0.25, 0.3) is 0 Å². The van der Waals surface area contributed by atoms with Gasteiger partial charge < -0.3 is 20.1 Å². The molecule has 3 N–H and O–H groups in total. The molecule has 5 heteroatoms. The molecule has 3 atom stereocenters. The number of carbonyl (C=O) groups excluding carboxylic acids is 1. The first-order chi connectivity index (χ1) is 12.1. The summed E-state index contributed by atoms with van der Waals surface area (Å²) in [6, 6.07) is 0. The smallest absolute Gasteiger partial charge is 0.305 e. The summed E-state index contributed by atoms with van der Waals surface area (Å²) in [6.07, 6.45) is 12.1. The maximum atomic E-state index is 11.0. The fourth-order valence-corrected chi connectivity index (χ4v) is 2.91. The number of unbranched alkanes of at least 4 members (excludes halogenated alkanes) is 5. The highest BCUT2D eigenvalue weighted by Crippen LogP contribution is 2.21. The molecule has 0 aliphatic heterocycles. The lowest BCUT2D eigenvalue weighted by Crippen LogP contribution is -2.21. The van der Waals surface area contributed by atoms with Gasteiger partial charge in [-0.25, -0.2) is 0 Å². The second-order valence-corrected chi connectivity index (χ2v) is 6.77. The molecule has 0 unspecified atom stereocenters. The summed E-state index contributed by atoms with van der Waals surface area (Å²) in [5.41, 5.74) is 0. The number of hydrogen-bond acceptors (Lipinski definition) is 5. The first-order valence-electron chi connectivity index (χ1n) is 9.73. The molecule has 0 amide bonds. The van der Waals surface area contributed by atoms with E-state index in [9.17, 15) is 20.1 Å². The Morgan fingerprint density at radius 3 is 2.24 bits per heavy atom. The van der Waals surface area contributed by atoms with Crippen molar-refractivity contribution in [1.29, 1.82) is 0 Å². The third kappa shape index (κ3) is 13.0. The van der Waals surface area contributed by atoms with Gasteiger partial charge in [0.15, 0.2) is 0 Å². The predicted molar refractivity (Wildman–Crippen MR) is 100 cm³/mol. The zero-order valence-corrected chi connectivity index (χ0v) is 16.0. The van der Waals surface area contributed by atoms with Crippen LogP contribution in [0.2, 0.25) is 0 Å². The van der Waals surface area contributed by atoms with Crippen LogP contribution in [0, 0.1) is 11.8 Å². The SMILES string of the molecule is CCCCC[C@H](O)/C=C/[C@@H](CO)[C@H](CO)CCCCCCC(=O)OC. The van der Waals surface area contributed by atoms with Crippen LogP contribution >= 0.6 is 0 Å². The second-order valence-electron chi connectivity index (χ2n) is 6.77. The van der Waals surface area contributed by atoms with E-state index in [0.29, 0.717) is 6.42 Å². The molecule has 0 aliphatic rings. The van der Waals surface area contributed by atoms with E-state index < -0.39 is 6.10 Å². The van der Waals surface area contributed by atoms with Crippen molar-refractivity contribution in [2.75, 3.05) is 20.3 Å². The lowest BCUT2D eigenvalue weighted by atomic mass is 9.88. The van der Waals surface area contributed by atoms with Gasteiger partial charge in [0, 0.05) is 25.6 Å². The highest BCUT2D eigenvalue weighted by atomic mass is 16.5. The third-order valence-corrected chi connectivity index (χ3v) is 4.67. The van der Waals surface area contributed by atoms with Crippen molar-refractivity contribution < 1.29 is 24.9 Å². The Balaban J connectivity index is 4.10. The van der Waals surface area contributed by atoms with Crippen LogP contribution in [-0.4, -0.2) is 47.7 Å². The molecule has 0 rings (SSSR count). The molecular weight excluding hydrogens is 320 g/mol. The molecule has 5 nitrogen and oxygen atoms in total. The largest absolute Gasteiger partial charge is 0.469 e. The second kappa shape index (κ2) is 16.6. The fraction of sp³-hybridized carbons (Fsp3) is 0.850. The van der Waals surface area contributed by atoms with E-state index in [-0.39, 0.29) is 31.0 Å². The zero-order chi connectivity index (χ0) is 18.9. The van der Waals surface area contributed by atoms with E-state index in [4.69, 9.17) is 0 Å². The van der Waals surface area contributed by atoms with Crippen LogP contribution in [-0.2, 0) is 9.53 Å². The Labute approximate surface area is 153 Å². The minimum absolute atomic E-state index is 0.00435. The van der Waals surface area contributed by atoms with Gasteiger partial charge in [-0.1, -0.05) is 57.6 Å². The van der Waals surface area contributed by atoms with Gasteiger partial charge in [-0.3, -0.25) is 4.79 Å². The maximum absolute atomic E-state index is 11.0. The summed E-state index contributed by atoms with van der Waals surface area (Å²) in [6.45, 7) is 2.14. The molecule has 0 spiro atoms. The molecule has 0 fully saturated rings. The number of ether oxygens (including phenoxy) is 1. The Hall–Kier alpha value is -0.910. The molecule has 0 aromatic heterocycles. The molecule has 0 saturated carbocycles. The number of aliphatic hydroxyl groups excluding tert-OH is 3. The minimum Gasteiger partial charge on any atom is -0.469 e.